The predicted molar refractivity (Wildman–Crippen MR) is 80.6 cm³/mol. The Hall–Kier alpha value is -1.40. The zero-order valence-electron chi connectivity index (χ0n) is 12.4. The number of rotatable bonds is 6. The van der Waals surface area contributed by atoms with Crippen LogP contribution in [0.2, 0.25) is 0 Å². The van der Waals surface area contributed by atoms with Crippen molar-refractivity contribution in [2.24, 2.45) is 13.0 Å². The van der Waals surface area contributed by atoms with Crippen molar-refractivity contribution in [2.45, 2.75) is 37.5 Å². The lowest BCUT2D eigenvalue weighted by Crippen LogP contribution is -2.19. The van der Waals surface area contributed by atoms with Gasteiger partial charge in [0.2, 0.25) is 0 Å². The highest BCUT2D eigenvalue weighted by molar-refractivity contribution is 7.99. The Kier molecular flexibility index (Phi) is 5.14. The van der Waals surface area contributed by atoms with Gasteiger partial charge in [-0.1, -0.05) is 19.9 Å². The Labute approximate surface area is 124 Å². The summed E-state index contributed by atoms with van der Waals surface area (Å²) in [4.78, 5) is 4.46. The zero-order valence-corrected chi connectivity index (χ0v) is 13.2. The van der Waals surface area contributed by atoms with Crippen molar-refractivity contribution in [3.05, 3.63) is 29.7 Å². The standard InChI is InChI=1S/C14H21N5S/c1-10(2)8-15-9-12-6-5-7-16-13(12)20-14-18-17-11(3)19(14)4/h5-7,10,15H,8-9H2,1-4H3. The van der Waals surface area contributed by atoms with E-state index in [0.717, 1.165) is 29.1 Å². The van der Waals surface area contributed by atoms with Gasteiger partial charge in [-0.3, -0.25) is 0 Å². The Balaban J connectivity index is 2.09. The number of nitrogens with one attached hydrogen (secondary N) is 1. The molecule has 5 nitrogen and oxygen atoms in total. The van der Waals surface area contributed by atoms with Gasteiger partial charge < -0.3 is 9.88 Å². The Bertz CT molecular complexity index is 564. The normalized spacial score (nSPS) is 11.2. The molecule has 0 saturated carbocycles. The largest absolute Gasteiger partial charge is 0.312 e. The third-order valence-electron chi connectivity index (χ3n) is 2.96. The van der Waals surface area contributed by atoms with Crippen LogP contribution in [0.4, 0.5) is 0 Å². The molecule has 2 heterocycles. The first-order valence-corrected chi connectivity index (χ1v) is 7.58. The minimum absolute atomic E-state index is 0.643. The van der Waals surface area contributed by atoms with E-state index in [1.54, 1.807) is 11.8 Å². The summed E-state index contributed by atoms with van der Waals surface area (Å²) in [7, 11) is 1.97. The average Bonchev–Trinajstić information content (AvgIpc) is 2.72. The van der Waals surface area contributed by atoms with Gasteiger partial charge in [0.05, 0.1) is 0 Å². The molecule has 20 heavy (non-hydrogen) atoms. The lowest BCUT2D eigenvalue weighted by atomic mass is 10.2. The summed E-state index contributed by atoms with van der Waals surface area (Å²) in [6, 6.07) is 4.07. The van der Waals surface area contributed by atoms with Crippen molar-refractivity contribution in [2.75, 3.05) is 6.54 Å². The van der Waals surface area contributed by atoms with Crippen molar-refractivity contribution in [3.8, 4) is 0 Å². The minimum Gasteiger partial charge on any atom is -0.312 e. The van der Waals surface area contributed by atoms with E-state index in [1.807, 2.05) is 30.8 Å². The van der Waals surface area contributed by atoms with Crippen molar-refractivity contribution in [3.63, 3.8) is 0 Å². The molecule has 108 valence electrons. The number of pyridine rings is 1. The lowest BCUT2D eigenvalue weighted by Gasteiger charge is -2.10. The molecule has 0 radical (unpaired) electrons. The number of aryl methyl sites for hydroxylation is 1. The van der Waals surface area contributed by atoms with Gasteiger partial charge in [-0.2, -0.15) is 0 Å². The lowest BCUT2D eigenvalue weighted by molar-refractivity contribution is 0.548. The van der Waals surface area contributed by atoms with E-state index < -0.39 is 0 Å². The maximum absolute atomic E-state index is 4.46. The topological polar surface area (TPSA) is 55.6 Å². The molecular weight excluding hydrogens is 270 g/mol. The van der Waals surface area contributed by atoms with E-state index in [2.05, 4.69) is 40.4 Å². The molecule has 0 aliphatic rings. The molecule has 0 saturated heterocycles. The van der Waals surface area contributed by atoms with Crippen LogP contribution in [0.3, 0.4) is 0 Å². The van der Waals surface area contributed by atoms with Gasteiger partial charge in [0.15, 0.2) is 5.16 Å². The van der Waals surface area contributed by atoms with Gasteiger partial charge in [0.25, 0.3) is 0 Å². The van der Waals surface area contributed by atoms with Crippen LogP contribution in [0.5, 0.6) is 0 Å². The van der Waals surface area contributed by atoms with Crippen LogP contribution in [0, 0.1) is 12.8 Å². The molecule has 2 aromatic rings. The molecule has 0 spiro atoms. The summed E-state index contributed by atoms with van der Waals surface area (Å²) in [6.07, 6.45) is 1.82. The van der Waals surface area contributed by atoms with Gasteiger partial charge in [-0.25, -0.2) is 4.98 Å². The fourth-order valence-corrected chi connectivity index (χ4v) is 2.62. The molecule has 2 rings (SSSR count). The average molecular weight is 291 g/mol. The van der Waals surface area contributed by atoms with Crippen LogP contribution < -0.4 is 5.32 Å². The van der Waals surface area contributed by atoms with Crippen molar-refractivity contribution in [1.82, 2.24) is 25.1 Å². The van der Waals surface area contributed by atoms with E-state index in [0.29, 0.717) is 5.92 Å². The summed E-state index contributed by atoms with van der Waals surface area (Å²) in [5.74, 6) is 1.55. The minimum atomic E-state index is 0.643. The van der Waals surface area contributed by atoms with Crippen molar-refractivity contribution in [1.29, 1.82) is 0 Å². The van der Waals surface area contributed by atoms with E-state index in [9.17, 15) is 0 Å². The van der Waals surface area contributed by atoms with Gasteiger partial charge in [0.1, 0.15) is 10.9 Å². The highest BCUT2D eigenvalue weighted by atomic mass is 32.2. The Morgan fingerprint density at radius 2 is 2.15 bits per heavy atom. The molecule has 2 aromatic heterocycles. The van der Waals surface area contributed by atoms with Crippen molar-refractivity contribution >= 4 is 11.8 Å². The molecule has 0 fully saturated rings. The summed E-state index contributed by atoms with van der Waals surface area (Å²) in [5, 5.41) is 13.6. The Morgan fingerprint density at radius 1 is 1.35 bits per heavy atom. The highest BCUT2D eigenvalue weighted by Gasteiger charge is 2.11. The third-order valence-corrected chi connectivity index (χ3v) is 4.06. The first-order chi connectivity index (χ1) is 9.58. The number of hydrogen-bond acceptors (Lipinski definition) is 5. The molecule has 0 amide bonds. The van der Waals surface area contributed by atoms with E-state index in [-0.39, 0.29) is 0 Å². The summed E-state index contributed by atoms with van der Waals surface area (Å²) < 4.78 is 1.98. The molecule has 0 aliphatic carbocycles. The number of aromatic nitrogens is 4. The van der Waals surface area contributed by atoms with Crippen LogP contribution in [0.25, 0.3) is 0 Å². The van der Waals surface area contributed by atoms with Crippen LogP contribution in [0.15, 0.2) is 28.5 Å². The molecule has 0 aliphatic heterocycles. The molecule has 1 N–H and O–H groups in total. The number of nitrogens with zero attached hydrogens (tertiary/aromatic N) is 4. The van der Waals surface area contributed by atoms with Gasteiger partial charge >= 0.3 is 0 Å². The number of hydrogen-bond donors (Lipinski definition) is 1. The third kappa shape index (κ3) is 3.80. The molecule has 0 aromatic carbocycles. The summed E-state index contributed by atoms with van der Waals surface area (Å²) in [6.45, 7) is 8.18. The van der Waals surface area contributed by atoms with E-state index in [4.69, 9.17) is 0 Å². The molecule has 0 unspecified atom stereocenters. The second-order valence-corrected chi connectivity index (χ2v) is 6.14. The fraction of sp³-hybridized carbons (Fsp3) is 0.500. The zero-order chi connectivity index (χ0) is 14.5. The summed E-state index contributed by atoms with van der Waals surface area (Å²) >= 11 is 1.56. The van der Waals surface area contributed by atoms with E-state index >= 15 is 0 Å². The quantitative estimate of drug-likeness (QED) is 0.886. The van der Waals surface area contributed by atoms with Crippen LogP contribution in [-0.4, -0.2) is 26.3 Å². The highest BCUT2D eigenvalue weighted by Crippen LogP contribution is 2.27. The van der Waals surface area contributed by atoms with Gasteiger partial charge in [-0.05, 0) is 42.8 Å². The van der Waals surface area contributed by atoms with Crippen LogP contribution in [-0.2, 0) is 13.6 Å². The van der Waals surface area contributed by atoms with Crippen LogP contribution in [0.1, 0.15) is 25.2 Å². The summed E-state index contributed by atoms with van der Waals surface area (Å²) in [5.41, 5.74) is 1.19. The second kappa shape index (κ2) is 6.85. The van der Waals surface area contributed by atoms with E-state index in [1.165, 1.54) is 5.56 Å². The van der Waals surface area contributed by atoms with Crippen molar-refractivity contribution < 1.29 is 0 Å². The predicted octanol–water partition coefficient (Wildman–Crippen LogP) is 2.42. The molecule has 0 bridgehead atoms. The maximum Gasteiger partial charge on any atom is 0.197 e. The first kappa shape index (κ1) is 15.0. The molecule has 0 atom stereocenters. The Morgan fingerprint density at radius 3 is 2.80 bits per heavy atom. The SMILES string of the molecule is Cc1nnc(Sc2ncccc2CNCC(C)C)n1C. The van der Waals surface area contributed by atoms with Gasteiger partial charge in [0, 0.05) is 19.8 Å². The van der Waals surface area contributed by atoms with Crippen LogP contribution >= 0.6 is 11.8 Å². The second-order valence-electron chi connectivity index (χ2n) is 5.18. The maximum atomic E-state index is 4.46. The van der Waals surface area contributed by atoms with Gasteiger partial charge in [-0.15, -0.1) is 10.2 Å². The molecular formula is C14H21N5S. The smallest absolute Gasteiger partial charge is 0.197 e. The monoisotopic (exact) mass is 291 g/mol. The first-order valence-electron chi connectivity index (χ1n) is 6.76. The molecule has 6 heteroatoms. The fourth-order valence-electron chi connectivity index (χ4n) is 1.71.